The van der Waals surface area contributed by atoms with E-state index in [0.29, 0.717) is 0 Å². The van der Waals surface area contributed by atoms with Crippen molar-refractivity contribution in [2.75, 3.05) is 0 Å². The van der Waals surface area contributed by atoms with Gasteiger partial charge in [0, 0.05) is 4.75 Å². The first-order chi connectivity index (χ1) is 10.1. The van der Waals surface area contributed by atoms with Crippen LogP contribution in [0.4, 0.5) is 0 Å². The SMILES string of the molecule is CC1(C)O[C@@H](CC/C=C(\O[Si](C)(C)C)SC(C)(C)C)C(C)(C)O1. The highest BCUT2D eigenvalue weighted by Crippen LogP contribution is 2.39. The van der Waals surface area contributed by atoms with Crippen molar-refractivity contribution < 1.29 is 13.9 Å². The molecule has 136 valence electrons. The second kappa shape index (κ2) is 7.10. The Morgan fingerprint density at radius 1 is 1.17 bits per heavy atom. The summed E-state index contributed by atoms with van der Waals surface area (Å²) in [5.74, 6) is -0.490. The Morgan fingerprint density at radius 3 is 2.13 bits per heavy atom. The zero-order chi connectivity index (χ0) is 18.1. The van der Waals surface area contributed by atoms with Gasteiger partial charge < -0.3 is 13.9 Å². The number of hydrogen-bond acceptors (Lipinski definition) is 4. The molecule has 0 spiro atoms. The molecule has 1 rings (SSSR count). The zero-order valence-electron chi connectivity index (χ0n) is 16.7. The van der Waals surface area contributed by atoms with Gasteiger partial charge in [-0.05, 0) is 66.3 Å². The molecule has 0 N–H and O–H groups in total. The summed E-state index contributed by atoms with van der Waals surface area (Å²) >= 11 is 1.81. The summed E-state index contributed by atoms with van der Waals surface area (Å²) in [6, 6.07) is 0. The van der Waals surface area contributed by atoms with Gasteiger partial charge in [-0.3, -0.25) is 0 Å². The van der Waals surface area contributed by atoms with Crippen molar-refractivity contribution in [3.63, 3.8) is 0 Å². The molecule has 3 nitrogen and oxygen atoms in total. The average molecular weight is 361 g/mol. The van der Waals surface area contributed by atoms with Crippen LogP contribution in [0, 0.1) is 0 Å². The highest BCUT2D eigenvalue weighted by molar-refractivity contribution is 8.04. The van der Waals surface area contributed by atoms with E-state index in [1.54, 1.807) is 0 Å². The van der Waals surface area contributed by atoms with Gasteiger partial charge in [-0.15, -0.1) is 0 Å². The van der Waals surface area contributed by atoms with E-state index < -0.39 is 14.1 Å². The van der Waals surface area contributed by atoms with E-state index in [2.05, 4.69) is 60.3 Å². The minimum Gasteiger partial charge on any atom is -0.540 e. The maximum absolute atomic E-state index is 6.26. The summed E-state index contributed by atoms with van der Waals surface area (Å²) in [6.07, 6.45) is 4.23. The Kier molecular flexibility index (Phi) is 6.51. The highest BCUT2D eigenvalue weighted by Gasteiger charge is 2.46. The van der Waals surface area contributed by atoms with Crippen LogP contribution in [0.1, 0.15) is 61.3 Å². The van der Waals surface area contributed by atoms with Gasteiger partial charge in [0.2, 0.25) is 8.32 Å². The van der Waals surface area contributed by atoms with Crippen molar-refractivity contribution >= 4 is 20.1 Å². The van der Waals surface area contributed by atoms with Crippen LogP contribution < -0.4 is 0 Å². The van der Waals surface area contributed by atoms with Gasteiger partial charge in [0.1, 0.15) is 5.09 Å². The third kappa shape index (κ3) is 8.10. The largest absolute Gasteiger partial charge is 0.540 e. The van der Waals surface area contributed by atoms with E-state index >= 15 is 0 Å². The van der Waals surface area contributed by atoms with E-state index in [1.165, 1.54) is 0 Å². The Bertz CT molecular complexity index is 413. The first kappa shape index (κ1) is 21.1. The zero-order valence-corrected chi connectivity index (χ0v) is 18.5. The molecule has 23 heavy (non-hydrogen) atoms. The van der Waals surface area contributed by atoms with Crippen LogP contribution in [0.25, 0.3) is 0 Å². The number of ether oxygens (including phenoxy) is 2. The molecule has 0 saturated carbocycles. The van der Waals surface area contributed by atoms with Gasteiger partial charge in [0.05, 0.1) is 11.7 Å². The maximum atomic E-state index is 6.26. The topological polar surface area (TPSA) is 27.7 Å². The normalized spacial score (nSPS) is 24.8. The number of allylic oxidation sites excluding steroid dienone is 1. The summed E-state index contributed by atoms with van der Waals surface area (Å²) in [5, 5.41) is 1.06. The maximum Gasteiger partial charge on any atom is 0.242 e. The predicted molar refractivity (Wildman–Crippen MR) is 103 cm³/mol. The second-order valence-corrected chi connectivity index (χ2v) is 15.5. The second-order valence-electron chi connectivity index (χ2n) is 9.24. The highest BCUT2D eigenvalue weighted by atomic mass is 32.2. The molecule has 0 unspecified atom stereocenters. The molecule has 1 heterocycles. The molecule has 0 aliphatic carbocycles. The van der Waals surface area contributed by atoms with Crippen molar-refractivity contribution in [1.82, 2.24) is 0 Å². The number of hydrogen-bond donors (Lipinski definition) is 0. The number of thioether (sulfide) groups is 1. The van der Waals surface area contributed by atoms with Crippen LogP contribution in [-0.4, -0.2) is 30.6 Å². The van der Waals surface area contributed by atoms with E-state index in [-0.39, 0.29) is 16.5 Å². The molecule has 1 aliphatic heterocycles. The van der Waals surface area contributed by atoms with Crippen LogP contribution in [0.3, 0.4) is 0 Å². The van der Waals surface area contributed by atoms with Crippen LogP contribution >= 0.6 is 11.8 Å². The third-order valence-electron chi connectivity index (χ3n) is 3.26. The quantitative estimate of drug-likeness (QED) is 0.434. The fraction of sp³-hybridized carbons (Fsp3) is 0.889. The minimum absolute atomic E-state index is 0.113. The molecule has 5 heteroatoms. The number of rotatable bonds is 6. The Balaban J connectivity index is 2.70. The van der Waals surface area contributed by atoms with E-state index in [9.17, 15) is 0 Å². The Morgan fingerprint density at radius 2 is 1.74 bits per heavy atom. The molecule has 0 bridgehead atoms. The van der Waals surface area contributed by atoms with Crippen molar-refractivity contribution in [1.29, 1.82) is 0 Å². The molecule has 0 aromatic rings. The standard InChI is InChI=1S/C18H36O3SSi/c1-16(2,3)22-15(20-23(8,9)10)13-11-12-14-17(4,5)21-18(6,7)19-14/h13-14H,11-12H2,1-10H3/b15-13+/t14-/m0/s1. The van der Waals surface area contributed by atoms with Gasteiger partial charge in [-0.2, -0.15) is 0 Å². The molecular formula is C18H36O3SSi. The van der Waals surface area contributed by atoms with Crippen molar-refractivity contribution in [2.24, 2.45) is 0 Å². The summed E-state index contributed by atoms with van der Waals surface area (Å²) in [4.78, 5) is 0. The fourth-order valence-electron chi connectivity index (χ4n) is 2.67. The van der Waals surface area contributed by atoms with Crippen LogP contribution in [0.15, 0.2) is 11.2 Å². The van der Waals surface area contributed by atoms with Gasteiger partial charge in [-0.25, -0.2) is 0 Å². The van der Waals surface area contributed by atoms with Crippen LogP contribution in [0.2, 0.25) is 19.6 Å². The lowest BCUT2D eigenvalue weighted by Gasteiger charge is -2.27. The average Bonchev–Trinajstić information content (AvgIpc) is 2.41. The molecule has 1 aliphatic rings. The lowest BCUT2D eigenvalue weighted by Crippen LogP contribution is -2.33. The van der Waals surface area contributed by atoms with Gasteiger partial charge >= 0.3 is 0 Å². The molecule has 0 amide bonds. The van der Waals surface area contributed by atoms with E-state index in [0.717, 1.165) is 17.9 Å². The lowest BCUT2D eigenvalue weighted by atomic mass is 9.98. The van der Waals surface area contributed by atoms with E-state index in [1.807, 2.05) is 25.6 Å². The van der Waals surface area contributed by atoms with Crippen LogP contribution in [-0.2, 0) is 13.9 Å². The molecule has 1 saturated heterocycles. The molecular weight excluding hydrogens is 324 g/mol. The van der Waals surface area contributed by atoms with Gasteiger partial charge in [0.25, 0.3) is 0 Å². The minimum atomic E-state index is -1.60. The molecule has 1 fully saturated rings. The monoisotopic (exact) mass is 360 g/mol. The molecule has 0 aromatic carbocycles. The Labute approximate surface area is 148 Å². The van der Waals surface area contributed by atoms with Crippen molar-refractivity contribution in [2.45, 2.75) is 103 Å². The predicted octanol–water partition coefficient (Wildman–Crippen LogP) is 5.92. The van der Waals surface area contributed by atoms with Gasteiger partial charge in [-0.1, -0.05) is 32.5 Å². The van der Waals surface area contributed by atoms with Gasteiger partial charge in [0.15, 0.2) is 5.79 Å². The smallest absolute Gasteiger partial charge is 0.242 e. The van der Waals surface area contributed by atoms with E-state index in [4.69, 9.17) is 13.9 Å². The summed E-state index contributed by atoms with van der Waals surface area (Å²) < 4.78 is 18.5. The van der Waals surface area contributed by atoms with Crippen molar-refractivity contribution in [3.8, 4) is 0 Å². The lowest BCUT2D eigenvalue weighted by molar-refractivity contribution is -0.157. The summed E-state index contributed by atoms with van der Waals surface area (Å²) in [7, 11) is -1.60. The van der Waals surface area contributed by atoms with Crippen LogP contribution in [0.5, 0.6) is 0 Å². The molecule has 0 radical (unpaired) electrons. The fourth-order valence-corrected chi connectivity index (χ4v) is 5.08. The first-order valence-corrected chi connectivity index (χ1v) is 12.8. The molecule has 1 atom stereocenters. The third-order valence-corrected chi connectivity index (χ3v) is 5.31. The summed E-state index contributed by atoms with van der Waals surface area (Å²) in [6.45, 7) is 21.5. The van der Waals surface area contributed by atoms with Crippen molar-refractivity contribution in [3.05, 3.63) is 11.2 Å². The first-order valence-electron chi connectivity index (χ1n) is 8.56. The summed E-state index contributed by atoms with van der Waals surface area (Å²) in [5.41, 5.74) is -0.242. The molecule has 0 aromatic heterocycles. The Hall–Kier alpha value is 0.0269.